The van der Waals surface area contributed by atoms with Crippen LogP contribution in [0.2, 0.25) is 0 Å². The molecule has 0 unspecified atom stereocenters. The van der Waals surface area contributed by atoms with Gasteiger partial charge in [0.15, 0.2) is 18.1 Å². The Bertz CT molecular complexity index is 950. The number of nitrogens with one attached hydrogen (secondary N) is 2. The normalized spacial score (nSPS) is 9.90. The lowest BCUT2D eigenvalue weighted by Crippen LogP contribution is -2.32. The fourth-order valence-electron chi connectivity index (χ4n) is 2.30. The van der Waals surface area contributed by atoms with Crippen molar-refractivity contribution in [2.75, 3.05) is 31.7 Å². The fraction of sp³-hybridized carbons (Fsp3) is 0.300. The lowest BCUT2D eigenvalue weighted by molar-refractivity contribution is -0.146. The van der Waals surface area contributed by atoms with Gasteiger partial charge in [0.05, 0.1) is 18.8 Å². The van der Waals surface area contributed by atoms with Gasteiger partial charge >= 0.3 is 5.97 Å². The number of nitrogens with zero attached hydrogens (tertiary/aromatic N) is 1. The van der Waals surface area contributed by atoms with Crippen LogP contribution < -0.4 is 20.1 Å². The molecule has 0 radical (unpaired) electrons. The molecule has 0 bridgehead atoms. The first-order chi connectivity index (χ1) is 14.5. The Kier molecular flexibility index (Phi) is 8.65. The highest BCUT2D eigenvalue weighted by Gasteiger charge is 2.14. The zero-order valence-electron chi connectivity index (χ0n) is 16.5. The van der Waals surface area contributed by atoms with Crippen molar-refractivity contribution in [1.82, 2.24) is 5.32 Å². The minimum atomic E-state index is -0.777. The number of ether oxygens (including phenoxy) is 3. The molecular weight excluding hydrogens is 410 g/mol. The number of rotatable bonds is 10. The first-order valence-corrected chi connectivity index (χ1v) is 9.97. The predicted octanol–water partition coefficient (Wildman–Crippen LogP) is 2.33. The first-order valence-electron chi connectivity index (χ1n) is 9.09. The van der Waals surface area contributed by atoms with Gasteiger partial charge in [0.1, 0.15) is 17.6 Å². The van der Waals surface area contributed by atoms with Crippen LogP contribution >= 0.6 is 11.3 Å². The average Bonchev–Trinajstić information content (AvgIpc) is 3.19. The molecule has 2 N–H and O–H groups in total. The monoisotopic (exact) mass is 431 g/mol. The van der Waals surface area contributed by atoms with Gasteiger partial charge in [0.25, 0.3) is 11.8 Å². The zero-order valence-corrected chi connectivity index (χ0v) is 17.3. The summed E-state index contributed by atoms with van der Waals surface area (Å²) in [4.78, 5) is 35.9. The van der Waals surface area contributed by atoms with E-state index in [-0.39, 0.29) is 5.56 Å². The Morgan fingerprint density at radius 1 is 1.10 bits per heavy atom. The van der Waals surface area contributed by atoms with E-state index in [4.69, 9.17) is 19.5 Å². The number of benzene rings is 1. The Morgan fingerprint density at radius 3 is 2.53 bits per heavy atom. The Labute approximate surface area is 177 Å². The second kappa shape index (κ2) is 11.4. The molecule has 0 saturated carbocycles. The van der Waals surface area contributed by atoms with Crippen LogP contribution in [0.5, 0.6) is 11.5 Å². The van der Waals surface area contributed by atoms with Crippen LogP contribution in [0.25, 0.3) is 0 Å². The summed E-state index contributed by atoms with van der Waals surface area (Å²) in [7, 11) is 0. The number of nitriles is 1. The van der Waals surface area contributed by atoms with Gasteiger partial charge in [0, 0.05) is 5.56 Å². The van der Waals surface area contributed by atoms with Crippen molar-refractivity contribution < 1.29 is 28.6 Å². The second-order valence-corrected chi connectivity index (χ2v) is 6.61. The number of carbonyl (C=O) groups excluding carboxylic acids is 3. The number of thiophene rings is 1. The molecule has 1 heterocycles. The molecule has 30 heavy (non-hydrogen) atoms. The largest absolute Gasteiger partial charge is 0.490 e. The molecule has 2 amide bonds. The quantitative estimate of drug-likeness (QED) is 0.553. The number of anilines is 1. The van der Waals surface area contributed by atoms with Gasteiger partial charge in [-0.1, -0.05) is 0 Å². The van der Waals surface area contributed by atoms with Gasteiger partial charge in [0.2, 0.25) is 0 Å². The maximum absolute atomic E-state index is 12.3. The van der Waals surface area contributed by atoms with E-state index in [1.54, 1.807) is 23.6 Å². The summed E-state index contributed by atoms with van der Waals surface area (Å²) in [6.07, 6.45) is 0. The maximum Gasteiger partial charge on any atom is 0.325 e. The molecule has 1 aromatic carbocycles. The molecule has 2 rings (SSSR count). The van der Waals surface area contributed by atoms with Crippen molar-refractivity contribution in [3.8, 4) is 17.6 Å². The van der Waals surface area contributed by atoms with E-state index in [2.05, 4.69) is 10.6 Å². The van der Waals surface area contributed by atoms with Crippen LogP contribution in [-0.4, -0.2) is 44.1 Å². The highest BCUT2D eigenvalue weighted by atomic mass is 32.1. The number of hydrogen-bond donors (Lipinski definition) is 2. The summed E-state index contributed by atoms with van der Waals surface area (Å²) in [5, 5.41) is 15.9. The van der Waals surface area contributed by atoms with Crippen molar-refractivity contribution in [3.05, 3.63) is 40.8 Å². The van der Waals surface area contributed by atoms with E-state index in [9.17, 15) is 14.4 Å². The van der Waals surface area contributed by atoms with Crippen molar-refractivity contribution in [2.45, 2.75) is 13.8 Å². The van der Waals surface area contributed by atoms with Crippen LogP contribution in [0.4, 0.5) is 5.00 Å². The summed E-state index contributed by atoms with van der Waals surface area (Å²) in [5.41, 5.74) is 0.614. The third-order valence-electron chi connectivity index (χ3n) is 3.60. The number of hydrogen-bond acceptors (Lipinski definition) is 8. The van der Waals surface area contributed by atoms with Gasteiger partial charge in [-0.05, 0) is 43.5 Å². The standard InChI is InChI=1S/C20H21N3O6S/c1-3-27-15-6-5-13(9-16(15)28-4-2)19(26)22-11-18(25)29-12-17(24)23-20-14(10-21)7-8-30-20/h5-9H,3-4,11-12H2,1-2H3,(H,22,26)(H,23,24). The third kappa shape index (κ3) is 6.49. The lowest BCUT2D eigenvalue weighted by Gasteiger charge is -2.12. The SMILES string of the molecule is CCOc1ccc(C(=O)NCC(=O)OCC(=O)Nc2sccc2C#N)cc1OCC. The second-order valence-electron chi connectivity index (χ2n) is 5.69. The van der Waals surface area contributed by atoms with Crippen LogP contribution in [0, 0.1) is 11.3 Å². The molecule has 1 aromatic heterocycles. The summed E-state index contributed by atoms with van der Waals surface area (Å²) < 4.78 is 15.8. The highest BCUT2D eigenvalue weighted by molar-refractivity contribution is 7.14. The molecule has 0 aliphatic rings. The molecule has 0 aliphatic carbocycles. The zero-order chi connectivity index (χ0) is 21.9. The Morgan fingerprint density at radius 2 is 1.83 bits per heavy atom. The molecule has 0 fully saturated rings. The third-order valence-corrected chi connectivity index (χ3v) is 4.43. The van der Waals surface area contributed by atoms with E-state index in [0.717, 1.165) is 0 Å². The van der Waals surface area contributed by atoms with Gasteiger partial charge in [-0.3, -0.25) is 14.4 Å². The molecule has 0 saturated heterocycles. The van der Waals surface area contributed by atoms with E-state index in [1.165, 1.54) is 17.4 Å². The Hall–Kier alpha value is -3.58. The van der Waals surface area contributed by atoms with Crippen LogP contribution in [0.3, 0.4) is 0 Å². The maximum atomic E-state index is 12.3. The van der Waals surface area contributed by atoms with Gasteiger partial charge in [-0.15, -0.1) is 11.3 Å². The van der Waals surface area contributed by atoms with Crippen molar-refractivity contribution in [2.24, 2.45) is 0 Å². The lowest BCUT2D eigenvalue weighted by atomic mass is 10.2. The molecule has 9 nitrogen and oxygen atoms in total. The number of carbonyl (C=O) groups is 3. The minimum Gasteiger partial charge on any atom is -0.490 e. The van der Waals surface area contributed by atoms with Crippen molar-refractivity contribution in [1.29, 1.82) is 5.26 Å². The summed E-state index contributed by atoms with van der Waals surface area (Å²) in [6, 6.07) is 8.20. The van der Waals surface area contributed by atoms with Crippen LogP contribution in [0.15, 0.2) is 29.6 Å². The van der Waals surface area contributed by atoms with E-state index in [0.29, 0.717) is 35.3 Å². The number of esters is 1. The van der Waals surface area contributed by atoms with Gasteiger partial charge in [-0.2, -0.15) is 5.26 Å². The molecule has 10 heteroatoms. The summed E-state index contributed by atoms with van der Waals surface area (Å²) in [5.74, 6) is -0.913. The topological polar surface area (TPSA) is 127 Å². The average molecular weight is 431 g/mol. The first kappa shape index (κ1) is 22.7. The molecular formula is C20H21N3O6S. The van der Waals surface area contributed by atoms with Crippen LogP contribution in [-0.2, 0) is 14.3 Å². The van der Waals surface area contributed by atoms with Crippen molar-refractivity contribution in [3.63, 3.8) is 0 Å². The molecule has 2 aromatic rings. The highest BCUT2D eigenvalue weighted by Crippen LogP contribution is 2.28. The predicted molar refractivity (Wildman–Crippen MR) is 110 cm³/mol. The van der Waals surface area contributed by atoms with E-state index < -0.39 is 30.9 Å². The molecule has 0 atom stereocenters. The minimum absolute atomic E-state index is 0.286. The summed E-state index contributed by atoms with van der Waals surface area (Å²) in [6.45, 7) is 3.57. The van der Waals surface area contributed by atoms with E-state index >= 15 is 0 Å². The fourth-order valence-corrected chi connectivity index (χ4v) is 3.05. The van der Waals surface area contributed by atoms with Gasteiger partial charge in [-0.25, -0.2) is 0 Å². The molecule has 0 aliphatic heterocycles. The molecule has 158 valence electrons. The van der Waals surface area contributed by atoms with Crippen molar-refractivity contribution >= 4 is 34.1 Å². The molecule has 0 spiro atoms. The van der Waals surface area contributed by atoms with Gasteiger partial charge < -0.3 is 24.8 Å². The Balaban J connectivity index is 1.82. The van der Waals surface area contributed by atoms with E-state index in [1.807, 2.05) is 19.9 Å². The number of amides is 2. The van der Waals surface area contributed by atoms with Crippen LogP contribution in [0.1, 0.15) is 29.8 Å². The summed E-state index contributed by atoms with van der Waals surface area (Å²) >= 11 is 1.19. The smallest absolute Gasteiger partial charge is 0.325 e.